The molecule has 0 saturated heterocycles. The molecule has 6 nitrogen and oxygen atoms in total. The fraction of sp³-hybridized carbons (Fsp3) is 0. The van der Waals surface area contributed by atoms with Gasteiger partial charge in [0.1, 0.15) is 0 Å². The SMILES string of the molecule is O=Cc1c2cc3c(cc2c(O)n1-c1ccccc1)C(=O)N(c1ccccc1)C3=O. The molecule has 0 unspecified atom stereocenters. The molecule has 1 aliphatic rings. The van der Waals surface area contributed by atoms with E-state index in [0.29, 0.717) is 28.4 Å². The maximum Gasteiger partial charge on any atom is 0.266 e. The predicted molar refractivity (Wildman–Crippen MR) is 108 cm³/mol. The molecule has 0 bridgehead atoms. The molecule has 0 saturated carbocycles. The van der Waals surface area contributed by atoms with E-state index in [1.165, 1.54) is 16.7 Å². The standard InChI is InChI=1S/C23H14N2O4/c26-13-20-16-11-18-19(23(29)25(22(18)28)15-9-5-2-6-10-15)12-17(16)21(27)24(20)14-7-3-1-4-8-14/h1-13,27H. The number of anilines is 1. The third-order valence-corrected chi connectivity index (χ3v) is 5.13. The second-order valence-electron chi connectivity index (χ2n) is 6.72. The number of amides is 2. The molecule has 5 rings (SSSR count). The zero-order valence-corrected chi connectivity index (χ0v) is 15.1. The van der Waals surface area contributed by atoms with Gasteiger partial charge in [-0.15, -0.1) is 0 Å². The number of imide groups is 1. The minimum absolute atomic E-state index is 0.158. The van der Waals surface area contributed by atoms with Crippen molar-refractivity contribution in [2.75, 3.05) is 4.90 Å². The highest BCUT2D eigenvalue weighted by molar-refractivity contribution is 6.35. The number of benzene rings is 3. The normalized spacial score (nSPS) is 13.2. The number of aromatic hydroxyl groups is 1. The lowest BCUT2D eigenvalue weighted by Crippen LogP contribution is -2.29. The highest BCUT2D eigenvalue weighted by atomic mass is 16.3. The summed E-state index contributed by atoms with van der Waals surface area (Å²) >= 11 is 0. The van der Waals surface area contributed by atoms with Gasteiger partial charge < -0.3 is 5.11 Å². The smallest absolute Gasteiger partial charge is 0.266 e. The first-order chi connectivity index (χ1) is 14.1. The van der Waals surface area contributed by atoms with Gasteiger partial charge in [-0.1, -0.05) is 36.4 Å². The summed E-state index contributed by atoms with van der Waals surface area (Å²) in [6.07, 6.45) is 0.637. The summed E-state index contributed by atoms with van der Waals surface area (Å²) in [7, 11) is 0. The number of nitrogens with zero attached hydrogens (tertiary/aromatic N) is 2. The highest BCUT2D eigenvalue weighted by Crippen LogP contribution is 2.38. The van der Waals surface area contributed by atoms with Crippen molar-refractivity contribution in [1.82, 2.24) is 4.57 Å². The summed E-state index contributed by atoms with van der Waals surface area (Å²) in [6.45, 7) is 0. The molecule has 0 atom stereocenters. The van der Waals surface area contributed by atoms with Gasteiger partial charge in [-0.25, -0.2) is 4.90 Å². The maximum absolute atomic E-state index is 13.0. The Bertz CT molecular complexity index is 1310. The molecule has 2 heterocycles. The molecule has 1 aromatic heterocycles. The third-order valence-electron chi connectivity index (χ3n) is 5.13. The van der Waals surface area contributed by atoms with Crippen LogP contribution in [0.5, 0.6) is 5.88 Å². The van der Waals surface area contributed by atoms with Crippen LogP contribution in [-0.4, -0.2) is 27.8 Å². The van der Waals surface area contributed by atoms with Crippen LogP contribution in [0.15, 0.2) is 72.8 Å². The second kappa shape index (κ2) is 6.17. The average molecular weight is 382 g/mol. The van der Waals surface area contributed by atoms with E-state index in [9.17, 15) is 19.5 Å². The summed E-state index contributed by atoms with van der Waals surface area (Å²) in [6, 6.07) is 20.6. The minimum Gasteiger partial charge on any atom is -0.494 e. The van der Waals surface area contributed by atoms with Crippen molar-refractivity contribution in [2.24, 2.45) is 0 Å². The van der Waals surface area contributed by atoms with E-state index >= 15 is 0 Å². The van der Waals surface area contributed by atoms with E-state index in [4.69, 9.17) is 0 Å². The van der Waals surface area contributed by atoms with E-state index < -0.39 is 11.8 Å². The second-order valence-corrected chi connectivity index (χ2v) is 6.72. The van der Waals surface area contributed by atoms with Crippen molar-refractivity contribution in [3.8, 4) is 11.6 Å². The van der Waals surface area contributed by atoms with Crippen molar-refractivity contribution >= 4 is 34.6 Å². The number of hydrogen-bond donors (Lipinski definition) is 1. The Hall–Kier alpha value is -4.19. The molecule has 3 aromatic carbocycles. The lowest BCUT2D eigenvalue weighted by atomic mass is 10.0. The lowest BCUT2D eigenvalue weighted by molar-refractivity contribution is 0.0925. The first-order valence-electron chi connectivity index (χ1n) is 8.97. The van der Waals surface area contributed by atoms with E-state index in [1.807, 2.05) is 6.07 Å². The summed E-state index contributed by atoms with van der Waals surface area (Å²) in [5.74, 6) is -1.07. The van der Waals surface area contributed by atoms with Crippen LogP contribution in [0.1, 0.15) is 31.2 Å². The number of carbonyl (C=O) groups excluding carboxylic acids is 3. The van der Waals surface area contributed by atoms with Crippen molar-refractivity contribution < 1.29 is 19.5 Å². The zero-order chi connectivity index (χ0) is 20.1. The molecule has 0 spiro atoms. The maximum atomic E-state index is 13.0. The summed E-state index contributed by atoms with van der Waals surface area (Å²) in [5.41, 5.74) is 1.69. The van der Waals surface area contributed by atoms with Crippen LogP contribution in [0.2, 0.25) is 0 Å². The molecule has 6 heteroatoms. The van der Waals surface area contributed by atoms with E-state index in [-0.39, 0.29) is 22.7 Å². The summed E-state index contributed by atoms with van der Waals surface area (Å²) in [4.78, 5) is 38.9. The first kappa shape index (κ1) is 16.9. The van der Waals surface area contributed by atoms with Crippen molar-refractivity contribution in [1.29, 1.82) is 0 Å². The Morgan fingerprint density at radius 3 is 1.79 bits per heavy atom. The van der Waals surface area contributed by atoms with Crippen LogP contribution in [0.3, 0.4) is 0 Å². The van der Waals surface area contributed by atoms with Crippen molar-refractivity contribution in [2.45, 2.75) is 0 Å². The molecule has 1 N–H and O–H groups in total. The van der Waals surface area contributed by atoms with Gasteiger partial charge in [0.15, 0.2) is 6.29 Å². The van der Waals surface area contributed by atoms with E-state index in [2.05, 4.69) is 0 Å². The Kier molecular flexibility index (Phi) is 3.61. The molecular formula is C23H14N2O4. The predicted octanol–water partition coefficient (Wildman–Crippen LogP) is 3.95. The van der Waals surface area contributed by atoms with Gasteiger partial charge in [0.05, 0.1) is 22.5 Å². The molecule has 29 heavy (non-hydrogen) atoms. The van der Waals surface area contributed by atoms with Crippen molar-refractivity contribution in [3.05, 3.63) is 89.6 Å². The number of carbonyl (C=O) groups is 3. The monoisotopic (exact) mass is 382 g/mol. The van der Waals surface area contributed by atoms with Crippen LogP contribution >= 0.6 is 0 Å². The Morgan fingerprint density at radius 1 is 0.724 bits per heavy atom. The molecule has 0 radical (unpaired) electrons. The number of fused-ring (bicyclic) bond motifs is 2. The lowest BCUT2D eigenvalue weighted by Gasteiger charge is -2.13. The molecule has 140 valence electrons. The number of hydrogen-bond acceptors (Lipinski definition) is 4. The molecule has 1 aliphatic heterocycles. The number of para-hydroxylation sites is 2. The molecular weight excluding hydrogens is 368 g/mol. The van der Waals surface area contributed by atoms with Gasteiger partial charge in [0.25, 0.3) is 11.8 Å². The number of aldehydes is 1. The fourth-order valence-corrected chi connectivity index (χ4v) is 3.80. The van der Waals surface area contributed by atoms with Gasteiger partial charge in [0, 0.05) is 16.5 Å². The van der Waals surface area contributed by atoms with Crippen LogP contribution in [0, 0.1) is 0 Å². The van der Waals surface area contributed by atoms with Crippen LogP contribution in [-0.2, 0) is 0 Å². The van der Waals surface area contributed by atoms with E-state index in [1.54, 1.807) is 54.6 Å². The number of aromatic nitrogens is 1. The molecule has 4 aromatic rings. The van der Waals surface area contributed by atoms with Gasteiger partial charge in [0.2, 0.25) is 5.88 Å². The van der Waals surface area contributed by atoms with Crippen LogP contribution in [0.4, 0.5) is 5.69 Å². The molecule has 2 amide bonds. The zero-order valence-electron chi connectivity index (χ0n) is 15.1. The van der Waals surface area contributed by atoms with Gasteiger partial charge in [-0.2, -0.15) is 0 Å². The van der Waals surface area contributed by atoms with Crippen LogP contribution in [0.25, 0.3) is 16.5 Å². The van der Waals surface area contributed by atoms with Crippen molar-refractivity contribution in [3.63, 3.8) is 0 Å². The molecule has 0 aliphatic carbocycles. The van der Waals surface area contributed by atoms with E-state index in [0.717, 1.165) is 4.90 Å². The largest absolute Gasteiger partial charge is 0.494 e. The average Bonchev–Trinajstić information content (AvgIpc) is 3.18. The Morgan fingerprint density at radius 2 is 1.24 bits per heavy atom. The highest BCUT2D eigenvalue weighted by Gasteiger charge is 2.38. The van der Waals surface area contributed by atoms with Gasteiger partial charge in [-0.3, -0.25) is 19.0 Å². The summed E-state index contributed by atoms with van der Waals surface area (Å²) in [5, 5.41) is 11.6. The number of rotatable bonds is 3. The van der Waals surface area contributed by atoms with Gasteiger partial charge >= 0.3 is 0 Å². The Labute approximate surface area is 165 Å². The first-order valence-corrected chi connectivity index (χ1v) is 8.97. The topological polar surface area (TPSA) is 79.6 Å². The third kappa shape index (κ3) is 2.32. The Balaban J connectivity index is 1.75. The van der Waals surface area contributed by atoms with Crippen LogP contribution < -0.4 is 4.90 Å². The summed E-state index contributed by atoms with van der Waals surface area (Å²) < 4.78 is 1.41. The van der Waals surface area contributed by atoms with Gasteiger partial charge in [-0.05, 0) is 36.4 Å². The minimum atomic E-state index is -0.461. The molecule has 0 fully saturated rings. The fourth-order valence-electron chi connectivity index (χ4n) is 3.80. The quantitative estimate of drug-likeness (QED) is 0.430.